The number of hydrazine groups is 1. The largest absolute Gasteiger partial charge is 0.472 e. The number of hydrogen-bond acceptors (Lipinski definition) is 3. The summed E-state index contributed by atoms with van der Waals surface area (Å²) in [6.45, 7) is 2.09. The average molecular weight is 328 g/mol. The lowest BCUT2D eigenvalue weighted by molar-refractivity contribution is 0.553. The van der Waals surface area contributed by atoms with Gasteiger partial charge < -0.3 is 4.42 Å². The molecule has 0 bridgehead atoms. The molecule has 0 amide bonds. The summed E-state index contributed by atoms with van der Waals surface area (Å²) in [7, 11) is 0. The van der Waals surface area contributed by atoms with Crippen molar-refractivity contribution in [3.63, 3.8) is 0 Å². The highest BCUT2D eigenvalue weighted by atomic mass is 127. The van der Waals surface area contributed by atoms with Crippen LogP contribution in [0.2, 0.25) is 0 Å². The molecule has 0 fully saturated rings. The van der Waals surface area contributed by atoms with Gasteiger partial charge in [-0.15, -0.1) is 0 Å². The molecule has 0 saturated carbocycles. The smallest absolute Gasteiger partial charge is 0.0954 e. The Morgan fingerprint density at radius 2 is 2.19 bits per heavy atom. The first-order chi connectivity index (χ1) is 7.74. The molecule has 1 aromatic carbocycles. The monoisotopic (exact) mass is 328 g/mol. The quantitative estimate of drug-likeness (QED) is 0.517. The molecule has 1 unspecified atom stereocenters. The van der Waals surface area contributed by atoms with Crippen LogP contribution in [-0.4, -0.2) is 0 Å². The second-order valence-corrected chi connectivity index (χ2v) is 4.71. The van der Waals surface area contributed by atoms with Gasteiger partial charge in [-0.25, -0.2) is 5.43 Å². The molecule has 16 heavy (non-hydrogen) atoms. The fourth-order valence-corrected chi connectivity index (χ4v) is 2.37. The molecular formula is C12H13IN2O. The standard InChI is InChI=1S/C12H13IN2O/c1-8-3-2-4-10(11(8)13)12(15-14)9-5-6-16-7-9/h2-7,12,15H,14H2,1H3. The molecule has 3 nitrogen and oxygen atoms in total. The van der Waals surface area contributed by atoms with Gasteiger partial charge in [-0.05, 0) is 46.7 Å². The molecular weight excluding hydrogens is 315 g/mol. The lowest BCUT2D eigenvalue weighted by Crippen LogP contribution is -2.29. The Morgan fingerprint density at radius 1 is 1.38 bits per heavy atom. The van der Waals surface area contributed by atoms with E-state index in [9.17, 15) is 0 Å². The summed E-state index contributed by atoms with van der Waals surface area (Å²) in [5.74, 6) is 5.62. The van der Waals surface area contributed by atoms with E-state index in [1.807, 2.05) is 12.1 Å². The van der Waals surface area contributed by atoms with Gasteiger partial charge in [0.1, 0.15) is 0 Å². The highest BCUT2D eigenvalue weighted by Crippen LogP contribution is 2.27. The minimum Gasteiger partial charge on any atom is -0.472 e. The van der Waals surface area contributed by atoms with Crippen LogP contribution in [0, 0.1) is 10.5 Å². The second-order valence-electron chi connectivity index (χ2n) is 3.63. The summed E-state index contributed by atoms with van der Waals surface area (Å²) in [5, 5.41) is 0. The third-order valence-electron chi connectivity index (χ3n) is 2.58. The van der Waals surface area contributed by atoms with E-state index in [4.69, 9.17) is 10.3 Å². The van der Waals surface area contributed by atoms with Crippen LogP contribution in [0.15, 0.2) is 41.2 Å². The lowest BCUT2D eigenvalue weighted by atomic mass is 10.0. The Balaban J connectivity index is 2.45. The van der Waals surface area contributed by atoms with Crippen LogP contribution in [0.25, 0.3) is 0 Å². The molecule has 1 aromatic heterocycles. The van der Waals surface area contributed by atoms with Crippen LogP contribution >= 0.6 is 22.6 Å². The molecule has 0 aliphatic heterocycles. The minimum absolute atomic E-state index is 0.0226. The molecule has 2 aromatic rings. The first-order valence-electron chi connectivity index (χ1n) is 4.97. The summed E-state index contributed by atoms with van der Waals surface area (Å²) in [6, 6.07) is 8.10. The van der Waals surface area contributed by atoms with Gasteiger partial charge in [0.25, 0.3) is 0 Å². The zero-order valence-corrected chi connectivity index (χ0v) is 11.1. The van der Waals surface area contributed by atoms with Crippen LogP contribution in [0.3, 0.4) is 0 Å². The SMILES string of the molecule is Cc1cccc(C(NN)c2ccoc2)c1I. The number of benzene rings is 1. The Labute approximate surface area is 108 Å². The van der Waals surface area contributed by atoms with E-state index in [2.05, 4.69) is 47.1 Å². The Morgan fingerprint density at radius 3 is 2.81 bits per heavy atom. The maximum atomic E-state index is 5.62. The first kappa shape index (κ1) is 11.6. The van der Waals surface area contributed by atoms with Gasteiger partial charge in [-0.2, -0.15) is 0 Å². The molecule has 0 spiro atoms. The van der Waals surface area contributed by atoms with Gasteiger partial charge in [0, 0.05) is 9.13 Å². The van der Waals surface area contributed by atoms with Gasteiger partial charge in [-0.3, -0.25) is 5.84 Å². The predicted molar refractivity (Wildman–Crippen MR) is 71.8 cm³/mol. The minimum atomic E-state index is -0.0226. The zero-order chi connectivity index (χ0) is 11.5. The molecule has 1 heterocycles. The third-order valence-corrected chi connectivity index (χ3v) is 4.05. The molecule has 0 radical (unpaired) electrons. The number of rotatable bonds is 3. The van der Waals surface area contributed by atoms with Crippen molar-refractivity contribution >= 4 is 22.6 Å². The van der Waals surface area contributed by atoms with Gasteiger partial charge in [-0.1, -0.05) is 18.2 Å². The number of nitrogens with two attached hydrogens (primary N) is 1. The average Bonchev–Trinajstić information content (AvgIpc) is 2.79. The van der Waals surface area contributed by atoms with E-state index in [1.165, 1.54) is 14.7 Å². The van der Waals surface area contributed by atoms with Crippen LogP contribution in [0.4, 0.5) is 0 Å². The van der Waals surface area contributed by atoms with Crippen molar-refractivity contribution in [3.8, 4) is 0 Å². The van der Waals surface area contributed by atoms with E-state index < -0.39 is 0 Å². The highest BCUT2D eigenvalue weighted by molar-refractivity contribution is 14.1. The number of furan rings is 1. The van der Waals surface area contributed by atoms with Crippen LogP contribution in [-0.2, 0) is 0 Å². The zero-order valence-electron chi connectivity index (χ0n) is 8.91. The van der Waals surface area contributed by atoms with Gasteiger partial charge in [0.2, 0.25) is 0 Å². The molecule has 3 N–H and O–H groups in total. The number of halogens is 1. The number of nitrogens with one attached hydrogen (secondary N) is 1. The molecule has 2 rings (SSSR count). The highest BCUT2D eigenvalue weighted by Gasteiger charge is 2.16. The van der Waals surface area contributed by atoms with Crippen LogP contribution < -0.4 is 11.3 Å². The van der Waals surface area contributed by atoms with E-state index in [0.29, 0.717) is 0 Å². The van der Waals surface area contributed by atoms with Gasteiger partial charge in [0.15, 0.2) is 0 Å². The fraction of sp³-hybridized carbons (Fsp3) is 0.167. The molecule has 0 aliphatic carbocycles. The second kappa shape index (κ2) is 4.99. The van der Waals surface area contributed by atoms with Crippen molar-refractivity contribution in [3.05, 3.63) is 57.1 Å². The van der Waals surface area contributed by atoms with E-state index in [0.717, 1.165) is 5.56 Å². The Bertz CT molecular complexity index is 468. The van der Waals surface area contributed by atoms with Gasteiger partial charge >= 0.3 is 0 Å². The van der Waals surface area contributed by atoms with Gasteiger partial charge in [0.05, 0.1) is 18.6 Å². The summed E-state index contributed by atoms with van der Waals surface area (Å²) in [5.41, 5.74) is 6.28. The van der Waals surface area contributed by atoms with Crippen molar-refractivity contribution in [2.75, 3.05) is 0 Å². The molecule has 84 valence electrons. The maximum absolute atomic E-state index is 5.62. The van der Waals surface area contributed by atoms with Crippen molar-refractivity contribution in [2.24, 2.45) is 5.84 Å². The van der Waals surface area contributed by atoms with E-state index >= 15 is 0 Å². The van der Waals surface area contributed by atoms with Crippen molar-refractivity contribution in [1.29, 1.82) is 0 Å². The summed E-state index contributed by atoms with van der Waals surface area (Å²) in [4.78, 5) is 0. The topological polar surface area (TPSA) is 51.2 Å². The summed E-state index contributed by atoms with van der Waals surface area (Å²) < 4.78 is 6.32. The molecule has 0 aliphatic rings. The van der Waals surface area contributed by atoms with Crippen LogP contribution in [0.1, 0.15) is 22.7 Å². The fourth-order valence-electron chi connectivity index (χ4n) is 1.70. The van der Waals surface area contributed by atoms with Crippen LogP contribution in [0.5, 0.6) is 0 Å². The van der Waals surface area contributed by atoms with E-state index in [1.54, 1.807) is 12.5 Å². The Kier molecular flexibility index (Phi) is 3.63. The summed E-state index contributed by atoms with van der Waals surface area (Å²) in [6.07, 6.45) is 3.37. The molecule has 4 heteroatoms. The summed E-state index contributed by atoms with van der Waals surface area (Å²) >= 11 is 2.34. The van der Waals surface area contributed by atoms with E-state index in [-0.39, 0.29) is 6.04 Å². The molecule has 0 saturated heterocycles. The maximum Gasteiger partial charge on any atom is 0.0954 e. The van der Waals surface area contributed by atoms with Crippen molar-refractivity contribution < 1.29 is 4.42 Å². The predicted octanol–water partition coefficient (Wildman–Crippen LogP) is 2.75. The van der Waals surface area contributed by atoms with Crippen molar-refractivity contribution in [1.82, 2.24) is 5.43 Å². The third kappa shape index (κ3) is 2.14. The first-order valence-corrected chi connectivity index (χ1v) is 6.05. The normalized spacial score (nSPS) is 12.7. The number of hydrogen-bond donors (Lipinski definition) is 2. The van der Waals surface area contributed by atoms with Crippen molar-refractivity contribution in [2.45, 2.75) is 13.0 Å². The lowest BCUT2D eigenvalue weighted by Gasteiger charge is -2.17. The Hall–Kier alpha value is -0.850. The number of aryl methyl sites for hydroxylation is 1. The molecule has 1 atom stereocenters.